The van der Waals surface area contributed by atoms with E-state index in [2.05, 4.69) is 74.1 Å². The molecule has 103 heavy (non-hydrogen) atoms. The number of hydrogen-bond donors (Lipinski definition) is 13. The van der Waals surface area contributed by atoms with E-state index in [4.69, 9.17) is 0 Å². The number of imidazole rings is 1. The van der Waals surface area contributed by atoms with Gasteiger partial charge in [-0.1, -0.05) is 0 Å². The molecule has 8 aromatic rings. The maximum atomic E-state index is 13.5. The van der Waals surface area contributed by atoms with Crippen LogP contribution in [0.15, 0.2) is 92.0 Å². The summed E-state index contributed by atoms with van der Waals surface area (Å²) in [5, 5.41) is 35.4. The highest BCUT2D eigenvalue weighted by atomic mass is 16.2. The molecule has 0 saturated heterocycles. The number of nitrogens with zero attached hydrogens (tertiary/aromatic N) is 10. The highest BCUT2D eigenvalue weighted by Crippen LogP contribution is 2.23. The second kappa shape index (κ2) is 34.3. The molecule has 0 aliphatic carbocycles. The molecular weight excluding hydrogens is 1330 g/mol. The summed E-state index contributed by atoms with van der Waals surface area (Å²) >= 11 is 0. The zero-order valence-corrected chi connectivity index (χ0v) is 58.9. The topological polar surface area (TPSA) is 434 Å². The molecule has 0 unspecified atom stereocenters. The number of hydrogen-bond acceptors (Lipinski definition) is 15. The van der Waals surface area contributed by atoms with Crippen LogP contribution in [-0.2, 0) is 80.4 Å². The Balaban J connectivity index is 0.700. The summed E-state index contributed by atoms with van der Waals surface area (Å²) < 4.78 is 12.0. The lowest BCUT2D eigenvalue weighted by atomic mass is 10.2. The Morgan fingerprint density at radius 1 is 0.311 bits per heavy atom. The Labute approximate surface area is 591 Å². The van der Waals surface area contributed by atoms with Gasteiger partial charge in [-0.15, -0.1) is 0 Å². The number of anilines is 8. The van der Waals surface area contributed by atoms with Gasteiger partial charge in [0.2, 0.25) is 35.4 Å². The molecule has 0 fully saturated rings. The molecule has 8 heterocycles. The minimum atomic E-state index is -0.601. The summed E-state index contributed by atoms with van der Waals surface area (Å²) in [6, 6.07) is 10.4. The van der Waals surface area contributed by atoms with Crippen molar-refractivity contribution in [2.75, 3.05) is 95.9 Å². The van der Waals surface area contributed by atoms with Crippen LogP contribution in [0.4, 0.5) is 45.6 Å². The van der Waals surface area contributed by atoms with Crippen molar-refractivity contribution in [1.29, 1.82) is 0 Å². The van der Waals surface area contributed by atoms with E-state index in [0.29, 0.717) is 46.4 Å². The van der Waals surface area contributed by atoms with Crippen molar-refractivity contribution < 1.29 is 62.3 Å². The maximum absolute atomic E-state index is 13.5. The molecule has 0 atom stereocenters. The summed E-state index contributed by atoms with van der Waals surface area (Å²) in [6.07, 6.45) is 13.3. The highest BCUT2D eigenvalue weighted by molar-refractivity contribution is 6.09. The fraction of sp³-hybridized carbons (Fsp3) is 0.343. The first-order valence-electron chi connectivity index (χ1n) is 32.5. The molecule has 0 radical (unpaired) electrons. The van der Waals surface area contributed by atoms with Crippen LogP contribution >= 0.6 is 0 Å². The SMILES string of the molecule is CC(=O)Nc1cc(C(=O)Nc2cn(C)c(C(=O)NCCC(=O)Nc3cc(C(=O)Nc4cc(C(=O)NCCCC(=O)Nc5cc(C(=O)Nc6cc(C(=O)NCCC(=O)Nc7cc(C(=O)Nc8cc(C(=O)NCCC(=O)NCCCN(C)C)n(C)c8)n(C)c7)n(C)c6)n(C)c5)n(C)c4)n(C)c3)n2)n(C)c1. The predicted octanol–water partition coefficient (Wildman–Crippen LogP) is 2.61. The van der Waals surface area contributed by atoms with E-state index < -0.39 is 59.1 Å². The molecule has 0 aromatic carbocycles. The monoisotopic (exact) mass is 1420 g/mol. The smallest absolute Gasteiger partial charge is 0.287 e. The van der Waals surface area contributed by atoms with E-state index in [1.807, 2.05) is 19.0 Å². The lowest BCUT2D eigenvalue weighted by molar-refractivity contribution is -0.121. The van der Waals surface area contributed by atoms with Gasteiger partial charge in [-0.2, -0.15) is 0 Å². The second-order valence-corrected chi connectivity index (χ2v) is 24.7. The van der Waals surface area contributed by atoms with Crippen LogP contribution in [0.25, 0.3) is 0 Å². The zero-order chi connectivity index (χ0) is 74.9. The van der Waals surface area contributed by atoms with Crippen molar-refractivity contribution in [3.8, 4) is 0 Å². The average Bonchev–Trinajstić information content (AvgIpc) is 1.70. The van der Waals surface area contributed by atoms with E-state index in [9.17, 15) is 62.3 Å². The van der Waals surface area contributed by atoms with E-state index in [1.165, 1.54) is 99.9 Å². The highest BCUT2D eigenvalue weighted by Gasteiger charge is 2.24. The van der Waals surface area contributed by atoms with E-state index in [-0.39, 0.29) is 128 Å². The van der Waals surface area contributed by atoms with Crippen molar-refractivity contribution >= 4 is 122 Å². The predicted molar refractivity (Wildman–Crippen MR) is 382 cm³/mol. The third-order valence-corrected chi connectivity index (χ3v) is 15.8. The van der Waals surface area contributed by atoms with Crippen molar-refractivity contribution in [2.24, 2.45) is 56.4 Å². The minimum absolute atomic E-state index is 0.0128. The van der Waals surface area contributed by atoms with Crippen LogP contribution in [0, 0.1) is 0 Å². The quantitative estimate of drug-likeness (QED) is 0.0263. The van der Waals surface area contributed by atoms with Crippen molar-refractivity contribution in [3.05, 3.63) is 138 Å². The Hall–Kier alpha value is -12.8. The number of nitrogens with one attached hydrogen (secondary N) is 13. The van der Waals surface area contributed by atoms with Gasteiger partial charge in [0.1, 0.15) is 39.9 Å². The van der Waals surface area contributed by atoms with Crippen LogP contribution in [0.1, 0.15) is 129 Å². The van der Waals surface area contributed by atoms with Gasteiger partial charge in [-0.05, 0) is 75.9 Å². The molecule has 0 bridgehead atoms. The van der Waals surface area contributed by atoms with Gasteiger partial charge in [0, 0.05) is 171 Å². The molecule has 36 heteroatoms. The molecule has 13 N–H and O–H groups in total. The average molecular weight is 1420 g/mol. The largest absolute Gasteiger partial charge is 0.356 e. The van der Waals surface area contributed by atoms with Gasteiger partial charge < -0.3 is 111 Å². The molecule has 8 aromatic heterocycles. The Morgan fingerprint density at radius 2 is 0.602 bits per heavy atom. The Bertz CT molecular complexity index is 4560. The molecule has 546 valence electrons. The number of amides is 13. The molecule has 36 nitrogen and oxygen atoms in total. The first-order valence-corrected chi connectivity index (χ1v) is 32.5. The summed E-state index contributed by atoms with van der Waals surface area (Å²) in [4.78, 5) is 174. The van der Waals surface area contributed by atoms with Gasteiger partial charge in [-0.25, -0.2) is 4.98 Å². The van der Waals surface area contributed by atoms with Crippen LogP contribution in [0.2, 0.25) is 0 Å². The van der Waals surface area contributed by atoms with Crippen molar-refractivity contribution in [2.45, 2.75) is 45.4 Å². The molecule has 0 saturated carbocycles. The van der Waals surface area contributed by atoms with E-state index >= 15 is 0 Å². The van der Waals surface area contributed by atoms with Gasteiger partial charge in [0.05, 0.1) is 39.8 Å². The Morgan fingerprint density at radius 3 is 0.961 bits per heavy atom. The summed E-state index contributed by atoms with van der Waals surface area (Å²) in [6.45, 7) is 2.86. The molecule has 13 amide bonds. The second-order valence-electron chi connectivity index (χ2n) is 24.7. The van der Waals surface area contributed by atoms with E-state index in [0.717, 1.165) is 13.0 Å². The van der Waals surface area contributed by atoms with Crippen LogP contribution in [0.5, 0.6) is 0 Å². The van der Waals surface area contributed by atoms with E-state index in [1.54, 1.807) is 91.9 Å². The number of rotatable bonds is 33. The van der Waals surface area contributed by atoms with Gasteiger partial charge in [-0.3, -0.25) is 62.3 Å². The normalized spacial score (nSPS) is 11.0. The molecule has 8 rings (SSSR count). The zero-order valence-electron chi connectivity index (χ0n) is 58.9. The fourth-order valence-corrected chi connectivity index (χ4v) is 10.8. The van der Waals surface area contributed by atoms with Crippen LogP contribution in [-0.4, -0.2) is 177 Å². The maximum Gasteiger partial charge on any atom is 0.287 e. The van der Waals surface area contributed by atoms with Gasteiger partial charge in [0.25, 0.3) is 47.3 Å². The third-order valence-electron chi connectivity index (χ3n) is 15.8. The van der Waals surface area contributed by atoms with Crippen LogP contribution in [0.3, 0.4) is 0 Å². The lowest BCUT2D eigenvalue weighted by Crippen LogP contribution is -2.32. The molecule has 0 aliphatic rings. The fourth-order valence-electron chi connectivity index (χ4n) is 10.8. The lowest BCUT2D eigenvalue weighted by Gasteiger charge is -2.10. The third kappa shape index (κ3) is 21.1. The van der Waals surface area contributed by atoms with Gasteiger partial charge in [0.15, 0.2) is 5.82 Å². The van der Waals surface area contributed by atoms with Gasteiger partial charge >= 0.3 is 0 Å². The number of carbonyl (C=O) groups excluding carboxylic acids is 13. The molecule has 0 aliphatic heterocycles. The van der Waals surface area contributed by atoms with Crippen LogP contribution < -0.4 is 69.1 Å². The van der Waals surface area contributed by atoms with Crippen molar-refractivity contribution in [1.82, 2.24) is 73.0 Å². The van der Waals surface area contributed by atoms with Crippen molar-refractivity contribution in [3.63, 3.8) is 0 Å². The number of aryl methyl sites for hydroxylation is 8. The summed E-state index contributed by atoms with van der Waals surface area (Å²) in [5.41, 5.74) is 3.84. The first-order chi connectivity index (χ1) is 48.9. The number of carbonyl (C=O) groups is 13. The molecular formula is C67H85N23O13. The number of aromatic nitrogens is 9. The minimum Gasteiger partial charge on any atom is -0.356 e. The first kappa shape index (κ1) is 76.0. The standard InChI is InChI=1S/C67H85N23O13/c1-39(91)73-40-24-53(86(7)31-40)66(102)81-54-38-90(11)59(80-54)67(103)72-22-17-58(95)76-43-27-52(89(10)34-43)64(100)77-44-28-47(83(4)35-44)60(96)69-18-12-14-56(93)74-41-25-50(87(8)32-41)63(99)78-46-30-49(85(6)37-46)62(98)71-21-16-57(94)75-42-26-51(88(9)33-42)65(101)79-45-29-48(84(5)36-45)61(97)70-20-15-55(92)68-19-13-23-82(2)3/h24-38H,12-23H2,1-11H3,(H,68,92)(H,69,96)(H,70,97)(H,71,98)(H,72,103)(H,73,91)(H,74,93)(H,75,94)(H,76,95)(H,77,100)(H,78,99)(H,79,101)(H,81,102). The summed E-state index contributed by atoms with van der Waals surface area (Å²) in [5.74, 6) is -5.79. The Kier molecular flexibility index (Phi) is 25.3. The summed E-state index contributed by atoms with van der Waals surface area (Å²) in [7, 11) is 16.8. The molecule has 0 spiro atoms.